The number of halogens is 1. The number of Topliss-reactive ketones (excluding diaryl/α,β-unsaturated/α-hetero) is 1. The number of ether oxygens (including phenoxy) is 1. The maximum absolute atomic E-state index is 10.5. The number of nitrogens with zero attached hydrogens (tertiary/aromatic N) is 1. The van der Waals surface area contributed by atoms with Crippen LogP contribution in [0, 0.1) is 0 Å². The minimum absolute atomic E-state index is 0.0232. The van der Waals surface area contributed by atoms with Gasteiger partial charge >= 0.3 is 0 Å². The third kappa shape index (κ3) is 2.88. The molecule has 1 rings (SSSR count). The van der Waals surface area contributed by atoms with E-state index in [1.54, 1.807) is 12.1 Å². The molecular formula is C8H8ClNO2. The third-order valence-electron chi connectivity index (χ3n) is 1.14. The van der Waals surface area contributed by atoms with Crippen molar-refractivity contribution in [3.05, 3.63) is 23.5 Å². The van der Waals surface area contributed by atoms with Gasteiger partial charge in [-0.25, -0.2) is 4.98 Å². The van der Waals surface area contributed by atoms with Gasteiger partial charge < -0.3 is 4.74 Å². The van der Waals surface area contributed by atoms with E-state index in [1.807, 2.05) is 0 Å². The molecule has 0 fully saturated rings. The molecule has 64 valence electrons. The van der Waals surface area contributed by atoms with Gasteiger partial charge in [0, 0.05) is 0 Å². The molecule has 1 aromatic rings. The number of rotatable bonds is 3. The zero-order valence-electron chi connectivity index (χ0n) is 6.58. The van der Waals surface area contributed by atoms with Crippen molar-refractivity contribution >= 4 is 17.4 Å². The van der Waals surface area contributed by atoms with Crippen molar-refractivity contribution in [2.75, 3.05) is 6.61 Å². The molecule has 0 aromatic carbocycles. The highest BCUT2D eigenvalue weighted by molar-refractivity contribution is 6.29. The van der Waals surface area contributed by atoms with Gasteiger partial charge in [0.25, 0.3) is 0 Å². The second-order valence-corrected chi connectivity index (χ2v) is 2.69. The molecule has 3 nitrogen and oxygen atoms in total. The molecule has 0 atom stereocenters. The average molecular weight is 186 g/mol. The molecule has 0 aliphatic carbocycles. The molecule has 0 amide bonds. The molecule has 0 aliphatic heterocycles. The molecule has 0 spiro atoms. The Bertz CT molecular complexity index is 271. The molecule has 4 heteroatoms. The fourth-order valence-electron chi connectivity index (χ4n) is 0.633. The lowest BCUT2D eigenvalue weighted by Crippen LogP contribution is -2.06. The van der Waals surface area contributed by atoms with Crippen LogP contribution in [0.3, 0.4) is 0 Å². The number of hydrogen-bond donors (Lipinski definition) is 0. The van der Waals surface area contributed by atoms with Gasteiger partial charge in [-0.3, -0.25) is 4.79 Å². The quantitative estimate of drug-likeness (QED) is 0.673. The van der Waals surface area contributed by atoms with Crippen molar-refractivity contribution in [3.8, 4) is 5.75 Å². The van der Waals surface area contributed by atoms with Crippen molar-refractivity contribution in [2.45, 2.75) is 6.92 Å². The summed E-state index contributed by atoms with van der Waals surface area (Å²) in [7, 11) is 0. The van der Waals surface area contributed by atoms with E-state index in [4.69, 9.17) is 16.3 Å². The van der Waals surface area contributed by atoms with Crippen LogP contribution in [-0.2, 0) is 4.79 Å². The second kappa shape index (κ2) is 4.07. The summed E-state index contributed by atoms with van der Waals surface area (Å²) in [5.74, 6) is 0.527. The van der Waals surface area contributed by atoms with Crippen molar-refractivity contribution in [2.24, 2.45) is 0 Å². The third-order valence-corrected chi connectivity index (χ3v) is 1.37. The van der Waals surface area contributed by atoms with E-state index >= 15 is 0 Å². The van der Waals surface area contributed by atoms with Gasteiger partial charge in [0.05, 0.1) is 6.20 Å². The minimum Gasteiger partial charge on any atom is -0.484 e. The Hall–Kier alpha value is -1.09. The molecular weight excluding hydrogens is 178 g/mol. The van der Waals surface area contributed by atoms with Crippen LogP contribution in [0.1, 0.15) is 6.92 Å². The van der Waals surface area contributed by atoms with Crippen LogP contribution >= 0.6 is 11.6 Å². The number of carbonyl (C=O) groups is 1. The predicted octanol–water partition coefficient (Wildman–Crippen LogP) is 1.70. The van der Waals surface area contributed by atoms with Gasteiger partial charge in [-0.2, -0.15) is 0 Å². The number of aromatic nitrogens is 1. The molecule has 0 saturated heterocycles. The van der Waals surface area contributed by atoms with Gasteiger partial charge in [0.1, 0.15) is 17.5 Å². The van der Waals surface area contributed by atoms with E-state index in [0.717, 1.165) is 0 Å². The van der Waals surface area contributed by atoms with Crippen molar-refractivity contribution in [1.29, 1.82) is 0 Å². The zero-order valence-corrected chi connectivity index (χ0v) is 7.34. The Balaban J connectivity index is 2.53. The van der Waals surface area contributed by atoms with Gasteiger partial charge in [-0.05, 0) is 19.1 Å². The molecule has 0 saturated carbocycles. The van der Waals surface area contributed by atoms with Gasteiger partial charge in [0.15, 0.2) is 5.78 Å². The first-order valence-electron chi connectivity index (χ1n) is 3.42. The Kier molecular flexibility index (Phi) is 3.05. The van der Waals surface area contributed by atoms with Crippen LogP contribution in [0.2, 0.25) is 5.15 Å². The fraction of sp³-hybridized carbons (Fsp3) is 0.250. The molecule has 12 heavy (non-hydrogen) atoms. The number of carbonyl (C=O) groups excluding carboxylic acids is 1. The van der Waals surface area contributed by atoms with Crippen LogP contribution in [0.5, 0.6) is 5.75 Å². The molecule has 1 aromatic heterocycles. The first kappa shape index (κ1) is 9.00. The Morgan fingerprint density at radius 1 is 1.67 bits per heavy atom. The first-order chi connectivity index (χ1) is 5.68. The van der Waals surface area contributed by atoms with Gasteiger partial charge in [-0.1, -0.05) is 11.6 Å². The number of hydrogen-bond acceptors (Lipinski definition) is 3. The van der Waals surface area contributed by atoms with Crippen molar-refractivity contribution < 1.29 is 9.53 Å². The lowest BCUT2D eigenvalue weighted by Gasteiger charge is -2.01. The van der Waals surface area contributed by atoms with E-state index in [2.05, 4.69) is 4.98 Å². The normalized spacial score (nSPS) is 9.50. The summed E-state index contributed by atoms with van der Waals surface area (Å²) in [6, 6.07) is 3.27. The summed E-state index contributed by atoms with van der Waals surface area (Å²) in [4.78, 5) is 14.3. The summed E-state index contributed by atoms with van der Waals surface area (Å²) in [5, 5.41) is 0.408. The zero-order chi connectivity index (χ0) is 8.97. The summed E-state index contributed by atoms with van der Waals surface area (Å²) < 4.78 is 5.05. The highest BCUT2D eigenvalue weighted by Crippen LogP contribution is 2.11. The van der Waals surface area contributed by atoms with Crippen LogP contribution in [-0.4, -0.2) is 17.4 Å². The number of pyridine rings is 1. The van der Waals surface area contributed by atoms with Crippen LogP contribution in [0.25, 0.3) is 0 Å². The second-order valence-electron chi connectivity index (χ2n) is 2.31. The average Bonchev–Trinajstić information content (AvgIpc) is 2.03. The van der Waals surface area contributed by atoms with Gasteiger partial charge in [-0.15, -0.1) is 0 Å². The standard InChI is InChI=1S/C8H8ClNO2/c1-6(11)5-12-7-2-3-8(9)10-4-7/h2-4H,5H2,1H3. The molecule has 0 N–H and O–H groups in total. The molecule has 0 aliphatic rings. The smallest absolute Gasteiger partial charge is 0.167 e. The lowest BCUT2D eigenvalue weighted by atomic mass is 10.4. The monoisotopic (exact) mass is 185 g/mol. The summed E-state index contributed by atoms with van der Waals surface area (Å²) in [5.41, 5.74) is 0. The topological polar surface area (TPSA) is 39.2 Å². The lowest BCUT2D eigenvalue weighted by molar-refractivity contribution is -0.118. The van der Waals surface area contributed by atoms with E-state index in [1.165, 1.54) is 13.1 Å². The summed E-state index contributed by atoms with van der Waals surface area (Å²) in [6.45, 7) is 1.53. The van der Waals surface area contributed by atoms with E-state index in [9.17, 15) is 4.79 Å². The Morgan fingerprint density at radius 2 is 2.42 bits per heavy atom. The van der Waals surface area contributed by atoms with Crippen LogP contribution in [0.4, 0.5) is 0 Å². The Morgan fingerprint density at radius 3 is 2.92 bits per heavy atom. The maximum Gasteiger partial charge on any atom is 0.167 e. The van der Waals surface area contributed by atoms with E-state index in [-0.39, 0.29) is 12.4 Å². The molecule has 0 bridgehead atoms. The maximum atomic E-state index is 10.5. The molecule has 0 unspecified atom stereocenters. The first-order valence-corrected chi connectivity index (χ1v) is 3.80. The van der Waals surface area contributed by atoms with Crippen molar-refractivity contribution in [3.63, 3.8) is 0 Å². The van der Waals surface area contributed by atoms with Crippen LogP contribution < -0.4 is 4.74 Å². The molecule has 1 heterocycles. The SMILES string of the molecule is CC(=O)COc1ccc(Cl)nc1. The van der Waals surface area contributed by atoms with E-state index < -0.39 is 0 Å². The largest absolute Gasteiger partial charge is 0.484 e. The van der Waals surface area contributed by atoms with Gasteiger partial charge in [0.2, 0.25) is 0 Å². The van der Waals surface area contributed by atoms with Crippen LogP contribution in [0.15, 0.2) is 18.3 Å². The van der Waals surface area contributed by atoms with E-state index in [0.29, 0.717) is 10.9 Å². The summed E-state index contributed by atoms with van der Waals surface area (Å²) in [6.07, 6.45) is 1.48. The fourth-order valence-corrected chi connectivity index (χ4v) is 0.744. The highest BCUT2D eigenvalue weighted by atomic mass is 35.5. The van der Waals surface area contributed by atoms with Crippen molar-refractivity contribution in [1.82, 2.24) is 4.98 Å². The minimum atomic E-state index is -0.0232. The molecule has 0 radical (unpaired) electrons. The highest BCUT2D eigenvalue weighted by Gasteiger charge is 1.96. The number of ketones is 1. The Labute approximate surface area is 75.3 Å². The summed E-state index contributed by atoms with van der Waals surface area (Å²) >= 11 is 5.54. The predicted molar refractivity (Wildman–Crippen MR) is 45.4 cm³/mol.